The summed E-state index contributed by atoms with van der Waals surface area (Å²) >= 11 is 0. The molecule has 84 valence electrons. The number of nitrogens with zero attached hydrogens (tertiary/aromatic N) is 1. The van der Waals surface area contributed by atoms with Gasteiger partial charge in [-0.15, -0.1) is 0 Å². The third-order valence-electron chi connectivity index (χ3n) is 1.84. The number of aromatic nitrogens is 1. The van der Waals surface area contributed by atoms with Crippen molar-refractivity contribution in [3.05, 3.63) is 42.2 Å². The van der Waals surface area contributed by atoms with Crippen molar-refractivity contribution in [2.45, 2.75) is 6.42 Å². The standard InChI is InChI=1S/C11H11NO4/c1-8(10(13)14)4-6-16-11(15)9-3-2-5-12-7-9/h2-3,5,7H,1,4,6H2,(H,13,14). The highest BCUT2D eigenvalue weighted by Crippen LogP contribution is 2.02. The van der Waals surface area contributed by atoms with Crippen LogP contribution < -0.4 is 0 Å². The third-order valence-corrected chi connectivity index (χ3v) is 1.84. The van der Waals surface area contributed by atoms with Gasteiger partial charge in [0.05, 0.1) is 12.2 Å². The fourth-order valence-corrected chi connectivity index (χ4v) is 0.941. The Morgan fingerprint density at radius 2 is 2.25 bits per heavy atom. The summed E-state index contributed by atoms with van der Waals surface area (Å²) in [6.07, 6.45) is 3.04. The lowest BCUT2D eigenvalue weighted by atomic mass is 10.2. The van der Waals surface area contributed by atoms with Gasteiger partial charge >= 0.3 is 11.9 Å². The molecular formula is C11H11NO4. The van der Waals surface area contributed by atoms with Gasteiger partial charge in [0.1, 0.15) is 0 Å². The highest BCUT2D eigenvalue weighted by atomic mass is 16.5. The molecule has 0 fully saturated rings. The molecule has 0 radical (unpaired) electrons. The number of ether oxygens (including phenoxy) is 1. The molecule has 0 spiro atoms. The van der Waals surface area contributed by atoms with Crippen molar-refractivity contribution in [1.29, 1.82) is 0 Å². The Morgan fingerprint density at radius 3 is 2.81 bits per heavy atom. The Hall–Kier alpha value is -2.17. The molecule has 0 aliphatic heterocycles. The SMILES string of the molecule is C=C(CCOC(=O)c1cccnc1)C(=O)O. The van der Waals surface area contributed by atoms with Crippen molar-refractivity contribution >= 4 is 11.9 Å². The Morgan fingerprint density at radius 1 is 1.50 bits per heavy atom. The number of hydrogen-bond donors (Lipinski definition) is 1. The van der Waals surface area contributed by atoms with E-state index in [2.05, 4.69) is 11.6 Å². The van der Waals surface area contributed by atoms with Crippen LogP contribution in [-0.2, 0) is 9.53 Å². The van der Waals surface area contributed by atoms with Crippen molar-refractivity contribution in [3.8, 4) is 0 Å². The van der Waals surface area contributed by atoms with Gasteiger partial charge in [-0.3, -0.25) is 4.98 Å². The zero-order valence-electron chi connectivity index (χ0n) is 8.55. The molecule has 1 heterocycles. The molecule has 0 aromatic carbocycles. The van der Waals surface area contributed by atoms with Gasteiger partial charge in [-0.1, -0.05) is 6.58 Å². The fourth-order valence-electron chi connectivity index (χ4n) is 0.941. The van der Waals surface area contributed by atoms with E-state index < -0.39 is 11.9 Å². The van der Waals surface area contributed by atoms with Gasteiger partial charge in [0, 0.05) is 24.4 Å². The minimum Gasteiger partial charge on any atom is -0.478 e. The van der Waals surface area contributed by atoms with E-state index in [4.69, 9.17) is 9.84 Å². The zero-order valence-corrected chi connectivity index (χ0v) is 8.55. The Balaban J connectivity index is 2.37. The lowest BCUT2D eigenvalue weighted by Crippen LogP contribution is -2.09. The Bertz CT molecular complexity index is 400. The van der Waals surface area contributed by atoms with E-state index in [1.807, 2.05) is 0 Å². The quantitative estimate of drug-likeness (QED) is 0.598. The van der Waals surface area contributed by atoms with Crippen LogP contribution in [0.1, 0.15) is 16.8 Å². The van der Waals surface area contributed by atoms with Crippen molar-refractivity contribution < 1.29 is 19.4 Å². The number of carbonyl (C=O) groups excluding carboxylic acids is 1. The maximum atomic E-state index is 11.4. The molecular weight excluding hydrogens is 210 g/mol. The molecule has 0 aliphatic rings. The molecule has 0 saturated carbocycles. The topological polar surface area (TPSA) is 76.5 Å². The van der Waals surface area contributed by atoms with Crippen LogP contribution in [0.25, 0.3) is 0 Å². The molecule has 0 saturated heterocycles. The molecule has 1 rings (SSSR count). The van der Waals surface area contributed by atoms with Crippen molar-refractivity contribution in [2.24, 2.45) is 0 Å². The number of pyridine rings is 1. The summed E-state index contributed by atoms with van der Waals surface area (Å²) in [5, 5.41) is 8.51. The summed E-state index contributed by atoms with van der Waals surface area (Å²) in [7, 11) is 0. The van der Waals surface area contributed by atoms with Crippen LogP contribution in [0, 0.1) is 0 Å². The summed E-state index contributed by atoms with van der Waals surface area (Å²) in [5.41, 5.74) is 0.349. The van der Waals surface area contributed by atoms with Crippen molar-refractivity contribution in [1.82, 2.24) is 4.98 Å². The summed E-state index contributed by atoms with van der Waals surface area (Å²) in [6, 6.07) is 3.19. The van der Waals surface area contributed by atoms with E-state index in [0.29, 0.717) is 5.56 Å². The van der Waals surface area contributed by atoms with Gasteiger partial charge in [-0.05, 0) is 12.1 Å². The number of hydrogen-bond acceptors (Lipinski definition) is 4. The van der Waals surface area contributed by atoms with Gasteiger partial charge in [-0.25, -0.2) is 9.59 Å². The first-order valence-corrected chi connectivity index (χ1v) is 4.59. The number of aliphatic carboxylic acids is 1. The lowest BCUT2D eigenvalue weighted by molar-refractivity contribution is -0.132. The van der Waals surface area contributed by atoms with Crippen LogP contribution in [0.15, 0.2) is 36.7 Å². The van der Waals surface area contributed by atoms with E-state index >= 15 is 0 Å². The average molecular weight is 221 g/mol. The normalized spacial score (nSPS) is 9.50. The van der Waals surface area contributed by atoms with Crippen LogP contribution in [0.3, 0.4) is 0 Å². The predicted molar refractivity (Wildman–Crippen MR) is 55.9 cm³/mol. The largest absolute Gasteiger partial charge is 0.478 e. The monoisotopic (exact) mass is 221 g/mol. The molecule has 5 nitrogen and oxygen atoms in total. The second-order valence-corrected chi connectivity index (χ2v) is 3.04. The summed E-state index contributed by atoms with van der Waals surface area (Å²) in [5.74, 6) is -1.61. The minimum atomic E-state index is -1.09. The average Bonchev–Trinajstić information content (AvgIpc) is 2.29. The molecule has 5 heteroatoms. The van der Waals surface area contributed by atoms with Gasteiger partial charge < -0.3 is 9.84 Å². The smallest absolute Gasteiger partial charge is 0.339 e. The molecule has 16 heavy (non-hydrogen) atoms. The maximum absolute atomic E-state index is 11.4. The van der Waals surface area contributed by atoms with Gasteiger partial charge in [0.15, 0.2) is 0 Å². The minimum absolute atomic E-state index is 0.00113. The first-order chi connectivity index (χ1) is 7.61. The second-order valence-electron chi connectivity index (χ2n) is 3.04. The zero-order chi connectivity index (χ0) is 12.0. The maximum Gasteiger partial charge on any atom is 0.339 e. The molecule has 0 bridgehead atoms. The molecule has 1 aromatic rings. The molecule has 1 aromatic heterocycles. The summed E-state index contributed by atoms with van der Waals surface area (Å²) < 4.78 is 4.85. The number of carboxylic acid groups (broad SMARTS) is 1. The fraction of sp³-hybridized carbons (Fsp3) is 0.182. The van der Waals surface area contributed by atoms with Crippen LogP contribution in [0.5, 0.6) is 0 Å². The van der Waals surface area contributed by atoms with E-state index in [0.717, 1.165) is 0 Å². The molecule has 0 amide bonds. The van der Waals surface area contributed by atoms with E-state index in [9.17, 15) is 9.59 Å². The van der Waals surface area contributed by atoms with Gasteiger partial charge in [0.2, 0.25) is 0 Å². The molecule has 0 unspecified atom stereocenters. The highest BCUT2D eigenvalue weighted by Gasteiger charge is 2.08. The van der Waals surface area contributed by atoms with Crippen LogP contribution in [-0.4, -0.2) is 28.6 Å². The molecule has 0 aliphatic carbocycles. The predicted octanol–water partition coefficient (Wildman–Crippen LogP) is 1.27. The van der Waals surface area contributed by atoms with Crippen molar-refractivity contribution in [2.75, 3.05) is 6.61 Å². The highest BCUT2D eigenvalue weighted by molar-refractivity contribution is 5.89. The van der Waals surface area contributed by atoms with E-state index in [-0.39, 0.29) is 18.6 Å². The number of carbonyl (C=O) groups is 2. The Kier molecular flexibility index (Phi) is 4.20. The molecule has 0 atom stereocenters. The van der Waals surface area contributed by atoms with Crippen LogP contribution in [0.2, 0.25) is 0 Å². The number of carboxylic acids is 1. The first-order valence-electron chi connectivity index (χ1n) is 4.59. The van der Waals surface area contributed by atoms with Gasteiger partial charge in [-0.2, -0.15) is 0 Å². The van der Waals surface area contributed by atoms with Crippen molar-refractivity contribution in [3.63, 3.8) is 0 Å². The van der Waals surface area contributed by atoms with Crippen LogP contribution >= 0.6 is 0 Å². The van der Waals surface area contributed by atoms with E-state index in [1.54, 1.807) is 18.3 Å². The number of esters is 1. The second kappa shape index (κ2) is 5.65. The first kappa shape index (κ1) is 11.9. The lowest BCUT2D eigenvalue weighted by Gasteiger charge is -2.03. The molecule has 1 N–H and O–H groups in total. The van der Waals surface area contributed by atoms with Gasteiger partial charge in [0.25, 0.3) is 0 Å². The Labute approximate surface area is 92.4 Å². The third kappa shape index (κ3) is 3.53. The van der Waals surface area contributed by atoms with E-state index in [1.165, 1.54) is 6.20 Å². The summed E-state index contributed by atoms with van der Waals surface area (Å²) in [6.45, 7) is 3.32. The number of rotatable bonds is 5. The summed E-state index contributed by atoms with van der Waals surface area (Å²) in [4.78, 5) is 25.5. The van der Waals surface area contributed by atoms with Crippen LogP contribution in [0.4, 0.5) is 0 Å².